The highest BCUT2D eigenvalue weighted by atomic mass is 35.5. The first kappa shape index (κ1) is 21.4. The summed E-state index contributed by atoms with van der Waals surface area (Å²) in [6, 6.07) is 5.07. The summed E-state index contributed by atoms with van der Waals surface area (Å²) in [6.45, 7) is 2.18. The third-order valence-corrected chi connectivity index (χ3v) is 5.28. The van der Waals surface area contributed by atoms with Crippen molar-refractivity contribution in [3.63, 3.8) is 0 Å². The summed E-state index contributed by atoms with van der Waals surface area (Å²) in [5.41, 5.74) is -0.616. The smallest absolute Gasteiger partial charge is 0.352 e. The lowest BCUT2D eigenvalue weighted by Gasteiger charge is -2.22. The van der Waals surface area contributed by atoms with Crippen LogP contribution >= 0.6 is 11.6 Å². The summed E-state index contributed by atoms with van der Waals surface area (Å²) in [6.07, 6.45) is 1.38. The fraction of sp³-hybridized carbons (Fsp3) is 0.450. The molecule has 9 heteroatoms. The van der Waals surface area contributed by atoms with E-state index in [1.165, 1.54) is 0 Å². The molecule has 2 aromatic rings. The first-order chi connectivity index (χ1) is 13.7. The van der Waals surface area contributed by atoms with E-state index >= 15 is 0 Å². The molecule has 1 amide bonds. The molecule has 1 heterocycles. The van der Waals surface area contributed by atoms with Gasteiger partial charge in [0.05, 0.1) is 16.3 Å². The van der Waals surface area contributed by atoms with Crippen molar-refractivity contribution in [2.75, 3.05) is 11.9 Å². The van der Waals surface area contributed by atoms with Crippen LogP contribution in [0.1, 0.15) is 53.7 Å². The molecule has 0 radical (unpaired) electrons. The quantitative estimate of drug-likeness (QED) is 0.661. The molecule has 1 saturated carbocycles. The number of aryl methyl sites for hydroxylation is 1. The van der Waals surface area contributed by atoms with E-state index in [9.17, 15) is 18.0 Å². The largest absolute Gasteiger partial charge is 0.434 e. The molecule has 0 spiro atoms. The lowest BCUT2D eigenvalue weighted by Crippen LogP contribution is -2.32. The van der Waals surface area contributed by atoms with Crippen molar-refractivity contribution >= 4 is 29.1 Å². The summed E-state index contributed by atoms with van der Waals surface area (Å²) < 4.78 is 40.6. The minimum absolute atomic E-state index is 0.284. The maximum absolute atomic E-state index is 13.5. The number of amides is 1. The van der Waals surface area contributed by atoms with Gasteiger partial charge < -0.3 is 10.6 Å². The van der Waals surface area contributed by atoms with Gasteiger partial charge in [-0.05, 0) is 43.4 Å². The van der Waals surface area contributed by atoms with E-state index in [4.69, 9.17) is 11.6 Å². The Morgan fingerprint density at radius 3 is 2.66 bits per heavy atom. The van der Waals surface area contributed by atoms with Gasteiger partial charge in [-0.2, -0.15) is 13.2 Å². The average molecular weight is 427 g/mol. The van der Waals surface area contributed by atoms with Crippen molar-refractivity contribution in [1.82, 2.24) is 15.3 Å². The molecule has 0 unspecified atom stereocenters. The van der Waals surface area contributed by atoms with Crippen molar-refractivity contribution in [2.24, 2.45) is 5.92 Å². The summed E-state index contributed by atoms with van der Waals surface area (Å²) >= 11 is 6.07. The third-order valence-electron chi connectivity index (χ3n) is 4.95. The molecule has 1 fully saturated rings. The Morgan fingerprint density at radius 1 is 1.24 bits per heavy atom. The van der Waals surface area contributed by atoms with Gasteiger partial charge >= 0.3 is 6.18 Å². The molecule has 3 rings (SSSR count). The van der Waals surface area contributed by atoms with Crippen LogP contribution in [0.15, 0.2) is 24.4 Å². The van der Waals surface area contributed by atoms with Crippen molar-refractivity contribution in [1.29, 1.82) is 0 Å². The molecule has 29 heavy (non-hydrogen) atoms. The number of alkyl halides is 3. The monoisotopic (exact) mass is 426 g/mol. The number of aromatic nitrogens is 2. The second-order valence-corrected chi connectivity index (χ2v) is 7.68. The van der Waals surface area contributed by atoms with Crippen LogP contribution in [0.25, 0.3) is 0 Å². The van der Waals surface area contributed by atoms with Crippen LogP contribution in [0.3, 0.4) is 0 Å². The van der Waals surface area contributed by atoms with Gasteiger partial charge in [-0.15, -0.1) is 0 Å². The van der Waals surface area contributed by atoms with Gasteiger partial charge in [0.2, 0.25) is 5.95 Å². The van der Waals surface area contributed by atoms with E-state index in [1.807, 2.05) is 6.92 Å². The zero-order valence-electron chi connectivity index (χ0n) is 15.9. The number of nitrogens with zero attached hydrogens (tertiary/aromatic N) is 2. The summed E-state index contributed by atoms with van der Waals surface area (Å²) in [5, 5.41) is 5.62. The number of halogens is 4. The minimum atomic E-state index is -4.80. The van der Waals surface area contributed by atoms with Gasteiger partial charge in [-0.1, -0.05) is 36.9 Å². The van der Waals surface area contributed by atoms with Crippen molar-refractivity contribution < 1.29 is 18.0 Å². The second-order valence-electron chi connectivity index (χ2n) is 7.28. The molecule has 0 atom stereocenters. The highest BCUT2D eigenvalue weighted by Crippen LogP contribution is 2.32. The normalized spacial score (nSPS) is 15.2. The van der Waals surface area contributed by atoms with Gasteiger partial charge in [0.15, 0.2) is 5.69 Å². The van der Waals surface area contributed by atoms with E-state index in [0.717, 1.165) is 43.9 Å². The van der Waals surface area contributed by atoms with Crippen LogP contribution < -0.4 is 10.6 Å². The molecule has 0 saturated heterocycles. The van der Waals surface area contributed by atoms with Crippen LogP contribution in [0.2, 0.25) is 5.02 Å². The number of carbonyl (C=O) groups excluding carboxylic acids is 1. The SMILES string of the molecule is Cc1ccc(Cl)c(Nc2ncc(C(=O)NCC3CCCCC3)c(C(F)(F)F)n2)c1. The van der Waals surface area contributed by atoms with Gasteiger partial charge in [0, 0.05) is 12.7 Å². The van der Waals surface area contributed by atoms with Crippen molar-refractivity contribution in [3.05, 3.63) is 46.2 Å². The van der Waals surface area contributed by atoms with E-state index in [0.29, 0.717) is 23.2 Å². The maximum Gasteiger partial charge on any atom is 0.434 e. The maximum atomic E-state index is 13.5. The average Bonchev–Trinajstić information content (AvgIpc) is 2.69. The topological polar surface area (TPSA) is 66.9 Å². The summed E-state index contributed by atoms with van der Waals surface area (Å²) in [4.78, 5) is 19.8. The predicted octanol–water partition coefficient (Wildman–Crippen LogP) is 5.51. The highest BCUT2D eigenvalue weighted by Gasteiger charge is 2.38. The molecule has 0 bridgehead atoms. The van der Waals surface area contributed by atoms with Crippen LogP contribution in [-0.2, 0) is 6.18 Å². The highest BCUT2D eigenvalue weighted by molar-refractivity contribution is 6.33. The Hall–Kier alpha value is -2.35. The zero-order valence-corrected chi connectivity index (χ0v) is 16.7. The molecule has 156 valence electrons. The Labute approximate surface area is 172 Å². The molecule has 0 aliphatic heterocycles. The van der Waals surface area contributed by atoms with Gasteiger partial charge in [0.25, 0.3) is 5.91 Å². The Balaban J connectivity index is 1.80. The van der Waals surface area contributed by atoms with E-state index in [-0.39, 0.29) is 5.95 Å². The zero-order chi connectivity index (χ0) is 21.0. The third kappa shape index (κ3) is 5.59. The number of rotatable bonds is 5. The second kappa shape index (κ2) is 8.98. The number of carbonyl (C=O) groups is 1. The Morgan fingerprint density at radius 2 is 1.97 bits per heavy atom. The molecule has 1 aliphatic rings. The Kier molecular flexibility index (Phi) is 6.62. The number of benzene rings is 1. The van der Waals surface area contributed by atoms with E-state index in [1.54, 1.807) is 18.2 Å². The fourth-order valence-corrected chi connectivity index (χ4v) is 3.57. The van der Waals surface area contributed by atoms with Crippen LogP contribution in [0.5, 0.6) is 0 Å². The number of anilines is 2. The van der Waals surface area contributed by atoms with Crippen molar-refractivity contribution in [2.45, 2.75) is 45.2 Å². The molecular formula is C20H22ClF3N4O. The lowest BCUT2D eigenvalue weighted by atomic mass is 9.89. The molecule has 5 nitrogen and oxygen atoms in total. The lowest BCUT2D eigenvalue weighted by molar-refractivity contribution is -0.141. The van der Waals surface area contributed by atoms with E-state index < -0.39 is 23.3 Å². The standard InChI is InChI=1S/C20H22ClF3N4O/c1-12-7-8-15(21)16(9-12)27-19-26-11-14(17(28-19)20(22,23)24)18(29)25-10-13-5-3-2-4-6-13/h7-9,11,13H,2-6,10H2,1H3,(H,25,29)(H,26,27,28). The first-order valence-corrected chi connectivity index (χ1v) is 9.87. The number of hydrogen-bond acceptors (Lipinski definition) is 4. The molecule has 1 aromatic heterocycles. The van der Waals surface area contributed by atoms with E-state index in [2.05, 4.69) is 20.6 Å². The molecular weight excluding hydrogens is 405 g/mol. The number of nitrogens with one attached hydrogen (secondary N) is 2. The van der Waals surface area contributed by atoms with Crippen LogP contribution in [0.4, 0.5) is 24.8 Å². The van der Waals surface area contributed by atoms with Crippen LogP contribution in [0, 0.1) is 12.8 Å². The predicted molar refractivity (Wildman–Crippen MR) is 105 cm³/mol. The summed E-state index contributed by atoms with van der Waals surface area (Å²) in [5.74, 6) is -0.802. The molecule has 2 N–H and O–H groups in total. The van der Waals surface area contributed by atoms with Gasteiger partial charge in [-0.3, -0.25) is 4.79 Å². The molecule has 1 aliphatic carbocycles. The van der Waals surface area contributed by atoms with Crippen molar-refractivity contribution in [3.8, 4) is 0 Å². The van der Waals surface area contributed by atoms with Gasteiger partial charge in [-0.25, -0.2) is 9.97 Å². The molecule has 1 aromatic carbocycles. The fourth-order valence-electron chi connectivity index (χ4n) is 3.40. The van der Waals surface area contributed by atoms with Crippen LogP contribution in [-0.4, -0.2) is 22.4 Å². The summed E-state index contributed by atoms with van der Waals surface area (Å²) in [7, 11) is 0. The first-order valence-electron chi connectivity index (χ1n) is 9.49. The minimum Gasteiger partial charge on any atom is -0.352 e. The Bertz CT molecular complexity index is 883. The number of hydrogen-bond donors (Lipinski definition) is 2. The van der Waals surface area contributed by atoms with Gasteiger partial charge in [0.1, 0.15) is 0 Å².